The van der Waals surface area contributed by atoms with Gasteiger partial charge in [-0.1, -0.05) is 17.7 Å². The summed E-state index contributed by atoms with van der Waals surface area (Å²) >= 11 is 6.22. The van der Waals surface area contributed by atoms with Crippen LogP contribution in [0.4, 0.5) is 0 Å². The minimum atomic E-state index is -0.0492. The molecule has 6 nitrogen and oxygen atoms in total. The molecule has 0 bridgehead atoms. The first-order valence-electron chi connectivity index (χ1n) is 10.4. The number of nitrogens with zero attached hydrogens (tertiary/aromatic N) is 4. The van der Waals surface area contributed by atoms with E-state index in [4.69, 9.17) is 11.6 Å². The van der Waals surface area contributed by atoms with E-state index in [0.717, 1.165) is 24.8 Å². The third-order valence-corrected chi connectivity index (χ3v) is 6.26. The molecule has 0 saturated carbocycles. The topological polar surface area (TPSA) is 56.8 Å². The van der Waals surface area contributed by atoms with Gasteiger partial charge in [0.25, 0.3) is 5.91 Å². The van der Waals surface area contributed by atoms with E-state index in [1.54, 1.807) is 12.3 Å². The first-order chi connectivity index (χ1) is 14.0. The molecule has 1 aromatic carbocycles. The van der Waals surface area contributed by atoms with E-state index < -0.39 is 0 Å². The number of amides is 2. The molecule has 2 saturated heterocycles. The van der Waals surface area contributed by atoms with E-state index in [1.165, 1.54) is 6.42 Å². The van der Waals surface area contributed by atoms with Gasteiger partial charge in [-0.25, -0.2) is 0 Å². The summed E-state index contributed by atoms with van der Waals surface area (Å²) in [6.07, 6.45) is 5.09. The zero-order valence-electron chi connectivity index (χ0n) is 16.8. The summed E-state index contributed by atoms with van der Waals surface area (Å²) in [6, 6.07) is 7.61. The molecule has 1 aromatic heterocycles. The number of aromatic nitrogens is 1. The van der Waals surface area contributed by atoms with Crippen LogP contribution >= 0.6 is 11.6 Å². The van der Waals surface area contributed by atoms with Gasteiger partial charge in [-0.05, 0) is 44.4 Å². The molecule has 4 rings (SSSR count). The summed E-state index contributed by atoms with van der Waals surface area (Å²) in [5, 5.41) is 1.40. The highest BCUT2D eigenvalue weighted by atomic mass is 35.5. The molecule has 29 heavy (non-hydrogen) atoms. The Morgan fingerprint density at radius 2 is 1.93 bits per heavy atom. The Morgan fingerprint density at radius 1 is 1.14 bits per heavy atom. The number of carbonyl (C=O) groups is 2. The van der Waals surface area contributed by atoms with Crippen LogP contribution in [0.25, 0.3) is 10.9 Å². The summed E-state index contributed by atoms with van der Waals surface area (Å²) in [5.41, 5.74) is 1.22. The highest BCUT2D eigenvalue weighted by molar-refractivity contribution is 6.32. The quantitative estimate of drug-likeness (QED) is 0.774. The SMILES string of the molecule is CC1CCCCN1C(=O)CN1CCN(C(=O)c2cc(Cl)cc3cccnc23)CC1. The van der Waals surface area contributed by atoms with E-state index in [0.29, 0.717) is 54.9 Å². The third kappa shape index (κ3) is 4.38. The largest absolute Gasteiger partial charge is 0.339 e. The smallest absolute Gasteiger partial charge is 0.256 e. The molecule has 0 N–H and O–H groups in total. The van der Waals surface area contributed by atoms with E-state index in [2.05, 4.69) is 16.8 Å². The standard InChI is InChI=1S/C22H27ClN4O2/c1-16-5-2-3-8-27(16)20(28)15-25-9-11-26(12-10-25)22(29)19-14-18(23)13-17-6-4-7-24-21(17)19/h4,6-7,13-14,16H,2-3,5,8-12,15H2,1H3. The van der Waals surface area contributed by atoms with Gasteiger partial charge in [0.2, 0.25) is 5.91 Å². The normalized spacial score (nSPS) is 20.8. The van der Waals surface area contributed by atoms with Crippen molar-refractivity contribution >= 4 is 34.3 Å². The van der Waals surface area contributed by atoms with Crippen molar-refractivity contribution in [2.45, 2.75) is 32.2 Å². The minimum Gasteiger partial charge on any atom is -0.339 e. The Labute approximate surface area is 176 Å². The van der Waals surface area contributed by atoms with Crippen LogP contribution in [-0.4, -0.2) is 76.8 Å². The molecule has 2 aliphatic heterocycles. The van der Waals surface area contributed by atoms with E-state index >= 15 is 0 Å². The lowest BCUT2D eigenvalue weighted by Gasteiger charge is -2.38. The third-order valence-electron chi connectivity index (χ3n) is 6.04. The Morgan fingerprint density at radius 3 is 2.69 bits per heavy atom. The Bertz CT molecular complexity index is 911. The molecule has 154 valence electrons. The highest BCUT2D eigenvalue weighted by Crippen LogP contribution is 2.24. The number of hydrogen-bond acceptors (Lipinski definition) is 4. The van der Waals surface area contributed by atoms with Crippen molar-refractivity contribution in [3.63, 3.8) is 0 Å². The van der Waals surface area contributed by atoms with Crippen LogP contribution in [0.1, 0.15) is 36.5 Å². The molecule has 2 amide bonds. The summed E-state index contributed by atoms with van der Waals surface area (Å²) < 4.78 is 0. The summed E-state index contributed by atoms with van der Waals surface area (Å²) in [5.74, 6) is 0.161. The summed E-state index contributed by atoms with van der Waals surface area (Å²) in [6.45, 7) is 6.04. The molecule has 2 aromatic rings. The van der Waals surface area contributed by atoms with Gasteiger partial charge in [0.15, 0.2) is 0 Å². The van der Waals surface area contributed by atoms with Gasteiger partial charge in [-0.3, -0.25) is 19.5 Å². The number of likely N-dealkylation sites (tertiary alicyclic amines) is 1. The number of piperazine rings is 1. The number of hydrogen-bond donors (Lipinski definition) is 0. The van der Waals surface area contributed by atoms with Crippen molar-refractivity contribution in [3.8, 4) is 0 Å². The number of carbonyl (C=O) groups excluding carboxylic acids is 2. The van der Waals surface area contributed by atoms with Gasteiger partial charge in [0, 0.05) is 55.4 Å². The van der Waals surface area contributed by atoms with Crippen molar-refractivity contribution < 1.29 is 9.59 Å². The first-order valence-corrected chi connectivity index (χ1v) is 10.8. The van der Waals surface area contributed by atoms with Gasteiger partial charge in [0.1, 0.15) is 0 Å². The minimum absolute atomic E-state index is 0.0492. The lowest BCUT2D eigenvalue weighted by Crippen LogP contribution is -2.53. The van der Waals surface area contributed by atoms with Crippen molar-refractivity contribution in [1.82, 2.24) is 19.7 Å². The number of piperidine rings is 1. The second-order valence-electron chi connectivity index (χ2n) is 8.03. The van der Waals surface area contributed by atoms with E-state index in [-0.39, 0.29) is 11.8 Å². The average Bonchev–Trinajstić information content (AvgIpc) is 2.73. The predicted molar refractivity (Wildman–Crippen MR) is 114 cm³/mol. The molecular formula is C22H27ClN4O2. The van der Waals surface area contributed by atoms with Crippen molar-refractivity contribution in [2.24, 2.45) is 0 Å². The van der Waals surface area contributed by atoms with Crippen LogP contribution in [0.2, 0.25) is 5.02 Å². The number of rotatable bonds is 3. The fourth-order valence-electron chi connectivity index (χ4n) is 4.35. The van der Waals surface area contributed by atoms with Gasteiger partial charge in [-0.2, -0.15) is 0 Å². The van der Waals surface area contributed by atoms with E-state index in [1.807, 2.05) is 28.0 Å². The van der Waals surface area contributed by atoms with Crippen molar-refractivity contribution in [2.75, 3.05) is 39.3 Å². The maximum Gasteiger partial charge on any atom is 0.256 e. The zero-order chi connectivity index (χ0) is 20.4. The molecule has 0 radical (unpaired) electrons. The highest BCUT2D eigenvalue weighted by Gasteiger charge is 2.28. The number of benzene rings is 1. The maximum absolute atomic E-state index is 13.1. The van der Waals surface area contributed by atoms with Crippen LogP contribution in [-0.2, 0) is 4.79 Å². The Hall–Kier alpha value is -2.18. The fourth-order valence-corrected chi connectivity index (χ4v) is 4.58. The van der Waals surface area contributed by atoms with Crippen molar-refractivity contribution in [3.05, 3.63) is 41.0 Å². The lowest BCUT2D eigenvalue weighted by atomic mass is 10.0. The molecule has 2 fully saturated rings. The summed E-state index contributed by atoms with van der Waals surface area (Å²) in [4.78, 5) is 36.2. The molecule has 1 atom stereocenters. The Balaban J connectivity index is 1.39. The van der Waals surface area contributed by atoms with Gasteiger partial charge in [-0.15, -0.1) is 0 Å². The second kappa shape index (κ2) is 8.67. The van der Waals surface area contributed by atoms with Crippen LogP contribution in [0.5, 0.6) is 0 Å². The van der Waals surface area contributed by atoms with Crippen LogP contribution < -0.4 is 0 Å². The molecule has 0 aliphatic carbocycles. The second-order valence-corrected chi connectivity index (χ2v) is 8.47. The zero-order valence-corrected chi connectivity index (χ0v) is 17.6. The monoisotopic (exact) mass is 414 g/mol. The fraction of sp³-hybridized carbons (Fsp3) is 0.500. The van der Waals surface area contributed by atoms with Crippen molar-refractivity contribution in [1.29, 1.82) is 0 Å². The molecular weight excluding hydrogens is 388 g/mol. The van der Waals surface area contributed by atoms with Gasteiger partial charge in [0.05, 0.1) is 17.6 Å². The number of pyridine rings is 1. The molecule has 2 aliphatic rings. The molecule has 3 heterocycles. The van der Waals surface area contributed by atoms with Gasteiger partial charge < -0.3 is 9.80 Å². The molecule has 7 heteroatoms. The molecule has 1 unspecified atom stereocenters. The van der Waals surface area contributed by atoms with Crippen LogP contribution in [0.15, 0.2) is 30.5 Å². The first kappa shape index (κ1) is 20.1. The van der Waals surface area contributed by atoms with Crippen LogP contribution in [0, 0.1) is 0 Å². The lowest BCUT2D eigenvalue weighted by molar-refractivity contribution is -0.136. The molecule has 0 spiro atoms. The predicted octanol–water partition coefficient (Wildman–Crippen LogP) is 3.05. The van der Waals surface area contributed by atoms with E-state index in [9.17, 15) is 9.59 Å². The average molecular weight is 415 g/mol. The Kier molecular flexibility index (Phi) is 6.01. The number of halogens is 1. The van der Waals surface area contributed by atoms with Gasteiger partial charge >= 0.3 is 0 Å². The van der Waals surface area contributed by atoms with Crippen LogP contribution in [0.3, 0.4) is 0 Å². The number of fused-ring (bicyclic) bond motifs is 1. The maximum atomic E-state index is 13.1. The summed E-state index contributed by atoms with van der Waals surface area (Å²) in [7, 11) is 0.